The smallest absolute Gasteiger partial charge is 0.0854 e. The van der Waals surface area contributed by atoms with E-state index in [9.17, 15) is 10.2 Å². The van der Waals surface area contributed by atoms with Gasteiger partial charge in [0.2, 0.25) is 0 Å². The molecule has 3 aliphatic rings. The van der Waals surface area contributed by atoms with E-state index < -0.39 is 6.10 Å². The van der Waals surface area contributed by atoms with Crippen LogP contribution in [0.25, 0.3) is 11.1 Å². The number of aliphatic hydroxyl groups excluding tert-OH is 2. The minimum absolute atomic E-state index is 0.0643. The molecule has 0 aromatic heterocycles. The third-order valence-electron chi connectivity index (χ3n) is 6.15. The van der Waals surface area contributed by atoms with E-state index in [-0.39, 0.29) is 24.2 Å². The zero-order chi connectivity index (χ0) is 20.6. The van der Waals surface area contributed by atoms with Crippen LogP contribution in [0.4, 0.5) is 0 Å². The fourth-order valence-electron chi connectivity index (χ4n) is 4.37. The van der Waals surface area contributed by atoms with Crippen LogP contribution in [0.3, 0.4) is 0 Å². The van der Waals surface area contributed by atoms with Crippen LogP contribution in [0.1, 0.15) is 49.5 Å². The number of aliphatic hydroxyl groups is 2. The molecule has 0 amide bonds. The molecule has 2 N–H and O–H groups in total. The van der Waals surface area contributed by atoms with Crippen molar-refractivity contribution in [1.29, 1.82) is 0 Å². The molecular formula is C25H29O3P. The van der Waals surface area contributed by atoms with Gasteiger partial charge in [0.05, 0.1) is 24.9 Å². The maximum Gasteiger partial charge on any atom is 0.0854 e. The summed E-state index contributed by atoms with van der Waals surface area (Å²) >= 11 is 0. The van der Waals surface area contributed by atoms with Crippen molar-refractivity contribution >= 4 is 14.5 Å². The molecule has 4 heteroatoms. The van der Waals surface area contributed by atoms with E-state index in [2.05, 4.69) is 77.7 Å². The molecule has 0 radical (unpaired) electrons. The molecule has 0 bridgehead atoms. The summed E-state index contributed by atoms with van der Waals surface area (Å²) in [6.45, 7) is 4.44. The van der Waals surface area contributed by atoms with Crippen LogP contribution in [-0.4, -0.2) is 29.0 Å². The first kappa shape index (κ1) is 20.5. The Morgan fingerprint density at radius 1 is 1.00 bits per heavy atom. The fourth-order valence-corrected chi connectivity index (χ4v) is 4.91. The number of hydrogen-bond donors (Lipinski definition) is 2. The van der Waals surface area contributed by atoms with Crippen molar-refractivity contribution < 1.29 is 14.9 Å². The first-order chi connectivity index (χ1) is 13.9. The van der Waals surface area contributed by atoms with Crippen LogP contribution in [0.15, 0.2) is 60.7 Å². The molecule has 4 rings (SSSR count). The van der Waals surface area contributed by atoms with Gasteiger partial charge < -0.3 is 14.9 Å². The highest BCUT2D eigenvalue weighted by atomic mass is 31.0. The minimum Gasteiger partial charge on any atom is -0.394 e. The molecule has 152 valence electrons. The van der Waals surface area contributed by atoms with Gasteiger partial charge in [-0.2, -0.15) is 0 Å². The van der Waals surface area contributed by atoms with Gasteiger partial charge in [-0.1, -0.05) is 74.5 Å². The van der Waals surface area contributed by atoms with Crippen molar-refractivity contribution in [3.05, 3.63) is 77.4 Å². The quantitative estimate of drug-likeness (QED) is 0.637. The molecule has 2 aliphatic carbocycles. The lowest BCUT2D eigenvalue weighted by Gasteiger charge is -2.34. The SMILES string of the molecule is CC(C)(c1cc2cccccc-2c1)c1cc(C2CC(O)CC(CO)O2)ccc1P. The number of hydrogen-bond acceptors (Lipinski definition) is 3. The molecule has 1 fully saturated rings. The summed E-state index contributed by atoms with van der Waals surface area (Å²) < 4.78 is 6.05. The highest BCUT2D eigenvalue weighted by molar-refractivity contribution is 7.27. The van der Waals surface area contributed by atoms with Crippen LogP contribution in [-0.2, 0) is 10.2 Å². The minimum atomic E-state index is -0.445. The molecule has 1 heterocycles. The van der Waals surface area contributed by atoms with Crippen molar-refractivity contribution in [2.24, 2.45) is 0 Å². The van der Waals surface area contributed by atoms with Crippen LogP contribution < -0.4 is 5.30 Å². The molecule has 4 unspecified atom stereocenters. The Hall–Kier alpha value is -1.77. The van der Waals surface area contributed by atoms with Crippen molar-refractivity contribution in [3.8, 4) is 11.1 Å². The van der Waals surface area contributed by atoms with Gasteiger partial charge in [0.15, 0.2) is 0 Å². The first-order valence-electron chi connectivity index (χ1n) is 10.2. The summed E-state index contributed by atoms with van der Waals surface area (Å²) in [4.78, 5) is 0. The molecular weight excluding hydrogens is 379 g/mol. The number of ether oxygens (including phenoxy) is 1. The highest BCUT2D eigenvalue weighted by Crippen LogP contribution is 2.39. The number of benzene rings is 1. The average molecular weight is 408 g/mol. The molecule has 4 atom stereocenters. The molecule has 29 heavy (non-hydrogen) atoms. The van der Waals surface area contributed by atoms with Crippen LogP contribution in [0.2, 0.25) is 0 Å². The predicted octanol–water partition coefficient (Wildman–Crippen LogP) is 4.19. The van der Waals surface area contributed by atoms with Gasteiger partial charge in [-0.05, 0) is 33.1 Å². The normalized spacial score (nSPS) is 22.7. The van der Waals surface area contributed by atoms with Crippen molar-refractivity contribution in [3.63, 3.8) is 0 Å². The third-order valence-corrected chi connectivity index (χ3v) is 6.66. The molecule has 3 nitrogen and oxygen atoms in total. The predicted molar refractivity (Wildman–Crippen MR) is 121 cm³/mol. The van der Waals surface area contributed by atoms with Gasteiger partial charge in [-0.25, -0.2) is 0 Å². The van der Waals surface area contributed by atoms with Gasteiger partial charge in [0.1, 0.15) is 0 Å². The highest BCUT2D eigenvalue weighted by Gasteiger charge is 2.32. The molecule has 1 aromatic carbocycles. The topological polar surface area (TPSA) is 49.7 Å². The zero-order valence-corrected chi connectivity index (χ0v) is 18.2. The number of rotatable bonds is 4. The van der Waals surface area contributed by atoms with Crippen molar-refractivity contribution in [1.82, 2.24) is 0 Å². The average Bonchev–Trinajstić information content (AvgIpc) is 2.99. The van der Waals surface area contributed by atoms with E-state index in [1.54, 1.807) is 0 Å². The van der Waals surface area contributed by atoms with Gasteiger partial charge in [-0.3, -0.25) is 0 Å². The van der Waals surface area contributed by atoms with Gasteiger partial charge in [0, 0.05) is 18.3 Å². The monoisotopic (exact) mass is 408 g/mol. The molecule has 1 aliphatic heterocycles. The third kappa shape index (κ3) is 4.11. The Kier molecular flexibility index (Phi) is 5.77. The first-order valence-corrected chi connectivity index (χ1v) is 10.8. The Balaban J connectivity index is 1.72. The maximum absolute atomic E-state index is 10.2. The Morgan fingerprint density at radius 2 is 1.69 bits per heavy atom. The molecule has 0 saturated carbocycles. The van der Waals surface area contributed by atoms with E-state index in [1.165, 1.54) is 22.3 Å². The fraction of sp³-hybridized carbons (Fsp3) is 0.360. The lowest BCUT2D eigenvalue weighted by Crippen LogP contribution is -2.34. The summed E-state index contributed by atoms with van der Waals surface area (Å²) in [6.07, 6.45) is 0.0958. The summed E-state index contributed by atoms with van der Waals surface area (Å²) in [5.74, 6) is 0. The van der Waals surface area contributed by atoms with Crippen LogP contribution in [0.5, 0.6) is 0 Å². The van der Waals surface area contributed by atoms with Gasteiger partial charge >= 0.3 is 0 Å². The Bertz CT molecular complexity index is 937. The summed E-state index contributed by atoms with van der Waals surface area (Å²) in [5, 5.41) is 20.9. The van der Waals surface area contributed by atoms with Crippen LogP contribution in [0, 0.1) is 0 Å². The van der Waals surface area contributed by atoms with E-state index >= 15 is 0 Å². The molecule has 1 aromatic rings. The summed E-state index contributed by atoms with van der Waals surface area (Å²) in [5.41, 5.74) is 5.85. The van der Waals surface area contributed by atoms with E-state index in [1.807, 2.05) is 6.07 Å². The van der Waals surface area contributed by atoms with Crippen molar-refractivity contribution in [2.75, 3.05) is 6.61 Å². The largest absolute Gasteiger partial charge is 0.394 e. The standard InChI is InChI=1S/C25H29O3P/c1-25(2,19-10-16-6-4-3-5-7-17(16)11-19)22-12-18(8-9-24(22)29)23-14-20(27)13-21(15-26)28-23/h3-12,20-21,23,26-27H,13-15,29H2,1-2H3. The molecule has 1 saturated heterocycles. The lowest BCUT2D eigenvalue weighted by atomic mass is 9.78. The summed E-state index contributed by atoms with van der Waals surface area (Å²) in [7, 11) is 2.86. The lowest BCUT2D eigenvalue weighted by molar-refractivity contribution is -0.113. The van der Waals surface area contributed by atoms with E-state index in [0.29, 0.717) is 12.8 Å². The second-order valence-electron chi connectivity index (χ2n) is 8.59. The van der Waals surface area contributed by atoms with E-state index in [4.69, 9.17) is 4.74 Å². The molecule has 0 spiro atoms. The van der Waals surface area contributed by atoms with Gasteiger partial charge in [0.25, 0.3) is 0 Å². The summed E-state index contributed by atoms with van der Waals surface area (Å²) in [6, 6.07) is 21.4. The maximum atomic E-state index is 10.2. The Labute approximate surface area is 175 Å². The van der Waals surface area contributed by atoms with E-state index in [0.717, 1.165) is 10.9 Å². The van der Waals surface area contributed by atoms with Gasteiger partial charge in [-0.15, -0.1) is 9.24 Å². The second kappa shape index (κ2) is 8.16. The second-order valence-corrected chi connectivity index (χ2v) is 9.21. The van der Waals surface area contributed by atoms with Crippen LogP contribution >= 0.6 is 9.24 Å². The Morgan fingerprint density at radius 3 is 2.34 bits per heavy atom. The van der Waals surface area contributed by atoms with Crippen molar-refractivity contribution in [2.45, 2.75) is 50.4 Å². The number of fused-ring (bicyclic) bond motifs is 1. The zero-order valence-electron chi connectivity index (χ0n) is 17.0.